The van der Waals surface area contributed by atoms with Crippen LogP contribution in [-0.2, 0) is 19.5 Å². The number of hydrogen-bond acceptors (Lipinski definition) is 6. The molecule has 0 atom stereocenters. The Labute approximate surface area is 140 Å². The summed E-state index contributed by atoms with van der Waals surface area (Å²) in [5, 5.41) is 37.5. The first-order valence-corrected chi connectivity index (χ1v) is 1.34. The molecule has 14 heavy (non-hydrogen) atoms. The second-order valence-corrected chi connectivity index (χ2v) is 0. The van der Waals surface area contributed by atoms with Crippen molar-refractivity contribution >= 4 is 0 Å². The molecule has 6 nitrogen and oxygen atoms in total. The van der Waals surface area contributed by atoms with Crippen LogP contribution in [0, 0.1) is 71.0 Å². The topological polar surface area (TPSA) is 143 Å². The summed E-state index contributed by atoms with van der Waals surface area (Å²) in [6.07, 6.45) is 0. The van der Waals surface area contributed by atoms with Crippen molar-refractivity contribution in [3.8, 4) is 0 Å². The third kappa shape index (κ3) is 1820. The zero-order chi connectivity index (χ0) is 12.0. The Morgan fingerprint density at radius 1 is 0.357 bits per heavy atom. The molecule has 0 fully saturated rings. The Balaban J connectivity index is -0.00000000500. The Kier molecular flexibility index (Phi) is 12400. The Morgan fingerprint density at radius 3 is 0.357 bits per heavy atom. The second kappa shape index (κ2) is 2390. The van der Waals surface area contributed by atoms with Crippen LogP contribution < -0.4 is 51.4 Å². The zero-order valence-corrected chi connectivity index (χ0v) is 11.8. The van der Waals surface area contributed by atoms with E-state index in [9.17, 15) is 0 Å². The van der Waals surface area contributed by atoms with Gasteiger partial charge in [0.25, 0.3) is 0 Å². The number of rotatable bonds is 0. The molecule has 0 bridgehead atoms. The van der Waals surface area contributed by atoms with E-state index in [-0.39, 0.29) is 70.9 Å². The maximum Gasteiger partial charge on any atom is 1.00 e. The molecule has 0 saturated carbocycles. The van der Waals surface area contributed by atoms with E-state index >= 15 is 0 Å². The van der Waals surface area contributed by atoms with E-state index in [0.717, 1.165) is 0 Å². The molecule has 8 heteroatoms. The summed E-state index contributed by atoms with van der Waals surface area (Å²) in [5.41, 5.74) is 0. The molecule has 0 N–H and O–H groups in total. The molecule has 0 aromatic rings. The van der Waals surface area contributed by atoms with Crippen molar-refractivity contribution in [2.75, 3.05) is 0 Å². The molecule has 0 amide bonds. The van der Waals surface area contributed by atoms with Gasteiger partial charge in [-0.25, -0.2) is 0 Å². The van der Waals surface area contributed by atoms with Gasteiger partial charge >= 0.3 is 51.4 Å². The molecule has 69 valence electrons. The first-order chi connectivity index (χ1) is 6.00. The van der Waals surface area contributed by atoms with Crippen molar-refractivity contribution in [2.24, 2.45) is 0 Å². The van der Waals surface area contributed by atoms with E-state index < -0.39 is 0 Å². The van der Waals surface area contributed by atoms with Gasteiger partial charge in [-0.05, 0) is 0 Å². The van der Waals surface area contributed by atoms with E-state index in [1.165, 1.54) is 0 Å². The van der Waals surface area contributed by atoms with Crippen LogP contribution in [0.4, 0.5) is 0 Å². The molecule has 0 spiro atoms. The quantitative estimate of drug-likeness (QED) is 0.359. The fourth-order valence-electron chi connectivity index (χ4n) is 0. The standard InChI is InChI=1S/6CN.K.Rh/c6*1-2;;/q6*-1;+1;. The smallest absolute Gasteiger partial charge is 0.512 e. The fourth-order valence-corrected chi connectivity index (χ4v) is 0. The summed E-state index contributed by atoms with van der Waals surface area (Å²) >= 11 is 0. The van der Waals surface area contributed by atoms with Crippen molar-refractivity contribution in [3.63, 3.8) is 0 Å². The average molecular weight is 298 g/mol. The summed E-state index contributed by atoms with van der Waals surface area (Å²) < 4.78 is 0. The van der Waals surface area contributed by atoms with Crippen molar-refractivity contribution in [1.82, 2.24) is 0 Å². The van der Waals surface area contributed by atoms with Gasteiger partial charge in [-0.3, -0.25) is 0 Å². The summed E-state index contributed by atoms with van der Waals surface area (Å²) in [6.45, 7) is 28.5. The van der Waals surface area contributed by atoms with Gasteiger partial charge in [-0.2, -0.15) is 0 Å². The van der Waals surface area contributed by atoms with Crippen LogP contribution in [0.5, 0.6) is 0 Å². The largest absolute Gasteiger partial charge is 1.00 e. The summed E-state index contributed by atoms with van der Waals surface area (Å²) in [6, 6.07) is 0. The molecule has 0 aromatic heterocycles. The summed E-state index contributed by atoms with van der Waals surface area (Å²) in [7, 11) is 0. The summed E-state index contributed by atoms with van der Waals surface area (Å²) in [4.78, 5) is 0. The molecule has 0 unspecified atom stereocenters. The van der Waals surface area contributed by atoms with E-state index in [0.29, 0.717) is 0 Å². The van der Waals surface area contributed by atoms with Crippen molar-refractivity contribution in [3.05, 3.63) is 39.4 Å². The van der Waals surface area contributed by atoms with Crippen LogP contribution in [0.3, 0.4) is 0 Å². The molecule has 0 saturated heterocycles. The minimum absolute atomic E-state index is 0. The minimum Gasteiger partial charge on any atom is -0.512 e. The predicted molar refractivity (Wildman–Crippen MR) is 29.8 cm³/mol. The van der Waals surface area contributed by atoms with Crippen molar-refractivity contribution in [2.45, 2.75) is 0 Å². The van der Waals surface area contributed by atoms with Crippen LogP contribution in [0.1, 0.15) is 0 Å². The Hall–Kier alpha value is -0.800. The molecule has 0 heterocycles. The third-order valence-corrected chi connectivity index (χ3v) is 0. The van der Waals surface area contributed by atoms with Gasteiger partial charge in [0.1, 0.15) is 0 Å². The van der Waals surface area contributed by atoms with Crippen LogP contribution in [0.25, 0.3) is 0 Å². The van der Waals surface area contributed by atoms with E-state index in [1.807, 2.05) is 0 Å². The maximum absolute atomic E-state index is 6.25. The fraction of sp³-hybridized carbons (Fsp3) is 0. The third-order valence-electron chi connectivity index (χ3n) is 0. The monoisotopic (exact) mass is 298 g/mol. The maximum atomic E-state index is 6.25. The summed E-state index contributed by atoms with van der Waals surface area (Å²) in [5.74, 6) is 0. The zero-order valence-electron chi connectivity index (χ0n) is 7.02. The van der Waals surface area contributed by atoms with Gasteiger partial charge in [0.15, 0.2) is 0 Å². The van der Waals surface area contributed by atoms with Gasteiger partial charge in [0, 0.05) is 19.5 Å². The molecule has 0 aromatic carbocycles. The minimum atomic E-state index is 0. The normalized spacial score (nSPS) is 0.857. The molecule has 0 aliphatic rings. The number of hydrogen-bond donors (Lipinski definition) is 0. The average Bonchev–Trinajstić information content (AvgIpc) is 2.33. The van der Waals surface area contributed by atoms with E-state index in [2.05, 4.69) is 0 Å². The Morgan fingerprint density at radius 2 is 0.357 bits per heavy atom. The van der Waals surface area contributed by atoms with Gasteiger partial charge in [-0.1, -0.05) is 0 Å². The van der Waals surface area contributed by atoms with Crippen LogP contribution in [0.2, 0.25) is 0 Å². The van der Waals surface area contributed by atoms with Crippen molar-refractivity contribution < 1.29 is 70.9 Å². The van der Waals surface area contributed by atoms with Gasteiger partial charge in [0.2, 0.25) is 0 Å². The first-order valence-electron chi connectivity index (χ1n) is 1.34. The Bertz CT molecular complexity index is 97.3. The van der Waals surface area contributed by atoms with Gasteiger partial charge in [0.05, 0.1) is 0 Å². The molecular weight excluding hydrogens is 298 g/mol. The molecular formula is C6KN6Rh-5. The van der Waals surface area contributed by atoms with E-state index in [4.69, 9.17) is 71.0 Å². The van der Waals surface area contributed by atoms with Crippen LogP contribution in [-0.4, -0.2) is 0 Å². The molecule has 1 radical (unpaired) electrons. The first kappa shape index (κ1) is 72.7. The van der Waals surface area contributed by atoms with Gasteiger partial charge < -0.3 is 71.0 Å². The van der Waals surface area contributed by atoms with Crippen molar-refractivity contribution in [1.29, 1.82) is 31.6 Å². The molecule has 0 aliphatic carbocycles. The predicted octanol–water partition coefficient (Wildman–Crippen LogP) is -2.42. The van der Waals surface area contributed by atoms with E-state index in [1.54, 1.807) is 0 Å². The SMILES string of the molecule is [C-]#N.[C-]#N.[C-]#N.[C-]#N.[C-]#N.[C-]#N.[K+].[Rh]. The number of nitrogens with zero attached hydrogens (tertiary/aromatic N) is 6. The van der Waals surface area contributed by atoms with Crippen LogP contribution in [0.15, 0.2) is 0 Å². The van der Waals surface area contributed by atoms with Gasteiger partial charge in [-0.15, -0.1) is 0 Å². The van der Waals surface area contributed by atoms with Crippen LogP contribution >= 0.6 is 0 Å². The molecule has 0 rings (SSSR count). The second-order valence-electron chi connectivity index (χ2n) is 0. The molecule has 0 aliphatic heterocycles.